The van der Waals surface area contributed by atoms with Crippen molar-refractivity contribution in [2.75, 3.05) is 13.1 Å². The molecule has 27 heavy (non-hydrogen) atoms. The lowest BCUT2D eigenvalue weighted by atomic mass is 10.0. The summed E-state index contributed by atoms with van der Waals surface area (Å²) in [7, 11) is 0. The minimum absolute atomic E-state index is 0.141. The van der Waals surface area contributed by atoms with Crippen LogP contribution in [0.2, 0.25) is 0 Å². The molecule has 0 bridgehead atoms. The summed E-state index contributed by atoms with van der Waals surface area (Å²) < 4.78 is 2.35. The summed E-state index contributed by atoms with van der Waals surface area (Å²) in [6, 6.07) is 18.6. The summed E-state index contributed by atoms with van der Waals surface area (Å²) in [6.07, 6.45) is 3.86. The number of hydrogen-bond acceptors (Lipinski definition) is 2. The van der Waals surface area contributed by atoms with Crippen molar-refractivity contribution in [3.05, 3.63) is 77.6 Å². The number of aromatic nitrogens is 2. The molecule has 1 aliphatic heterocycles. The second-order valence-corrected chi connectivity index (χ2v) is 7.35. The number of aryl methyl sites for hydroxylation is 2. The third-order valence-corrected chi connectivity index (χ3v) is 5.40. The van der Waals surface area contributed by atoms with Crippen LogP contribution in [0.1, 0.15) is 40.5 Å². The van der Waals surface area contributed by atoms with Gasteiger partial charge in [-0.3, -0.25) is 4.79 Å². The molecule has 4 nitrogen and oxygen atoms in total. The quantitative estimate of drug-likeness (QED) is 0.683. The molecule has 2 aromatic carbocycles. The molecule has 1 aliphatic rings. The number of carbonyl (C=O) groups is 1. The van der Waals surface area contributed by atoms with Gasteiger partial charge in [0.25, 0.3) is 5.91 Å². The van der Waals surface area contributed by atoms with Crippen LogP contribution in [0.5, 0.6) is 0 Å². The van der Waals surface area contributed by atoms with Crippen LogP contribution in [0.3, 0.4) is 0 Å². The number of hydrogen-bond donors (Lipinski definition) is 0. The van der Waals surface area contributed by atoms with Gasteiger partial charge in [0, 0.05) is 42.1 Å². The topological polar surface area (TPSA) is 38.1 Å². The SMILES string of the molecule is Cc1cccc(C(=O)N2CCC(n3c(C)cnc3-c3ccccc3)CC2)c1. The first-order chi connectivity index (χ1) is 13.1. The highest BCUT2D eigenvalue weighted by molar-refractivity contribution is 5.94. The Morgan fingerprint density at radius 1 is 1.00 bits per heavy atom. The van der Waals surface area contributed by atoms with Crippen LogP contribution in [0, 0.1) is 13.8 Å². The molecule has 4 heteroatoms. The highest BCUT2D eigenvalue weighted by atomic mass is 16.2. The molecule has 0 N–H and O–H groups in total. The lowest BCUT2D eigenvalue weighted by molar-refractivity contribution is 0.0694. The number of imidazole rings is 1. The molecule has 3 aromatic rings. The number of nitrogens with zero attached hydrogens (tertiary/aromatic N) is 3. The van der Waals surface area contributed by atoms with E-state index in [-0.39, 0.29) is 5.91 Å². The summed E-state index contributed by atoms with van der Waals surface area (Å²) in [5.41, 5.74) is 4.23. The number of rotatable bonds is 3. The first-order valence-electron chi connectivity index (χ1n) is 9.58. The molecule has 2 heterocycles. The van der Waals surface area contributed by atoms with Crippen LogP contribution >= 0.6 is 0 Å². The Morgan fingerprint density at radius 3 is 2.44 bits per heavy atom. The molecule has 1 saturated heterocycles. The van der Waals surface area contributed by atoms with E-state index in [1.165, 1.54) is 5.69 Å². The molecule has 4 rings (SSSR count). The van der Waals surface area contributed by atoms with E-state index in [2.05, 4.69) is 28.6 Å². The van der Waals surface area contributed by atoms with Crippen molar-refractivity contribution < 1.29 is 4.79 Å². The van der Waals surface area contributed by atoms with E-state index in [0.717, 1.165) is 48.4 Å². The molecule has 1 fully saturated rings. The summed E-state index contributed by atoms with van der Waals surface area (Å²) in [5, 5.41) is 0. The molecule has 0 radical (unpaired) electrons. The van der Waals surface area contributed by atoms with Crippen LogP contribution < -0.4 is 0 Å². The van der Waals surface area contributed by atoms with E-state index >= 15 is 0 Å². The lowest BCUT2D eigenvalue weighted by Crippen LogP contribution is -2.39. The van der Waals surface area contributed by atoms with Crippen molar-refractivity contribution in [2.45, 2.75) is 32.7 Å². The fourth-order valence-electron chi connectivity index (χ4n) is 4.00. The van der Waals surface area contributed by atoms with Crippen molar-refractivity contribution >= 4 is 5.91 Å². The third kappa shape index (κ3) is 3.52. The highest BCUT2D eigenvalue weighted by Gasteiger charge is 2.27. The van der Waals surface area contributed by atoms with E-state index in [9.17, 15) is 4.79 Å². The number of carbonyl (C=O) groups excluding carboxylic acids is 1. The zero-order chi connectivity index (χ0) is 18.8. The molecule has 138 valence electrons. The standard InChI is InChI=1S/C23H25N3O/c1-17-7-6-10-20(15-17)23(27)25-13-11-21(12-14-25)26-18(2)16-24-22(26)19-8-4-3-5-9-19/h3-10,15-16,21H,11-14H2,1-2H3. The monoisotopic (exact) mass is 359 g/mol. The number of piperidine rings is 1. The van der Waals surface area contributed by atoms with Gasteiger partial charge in [-0.1, -0.05) is 48.0 Å². The van der Waals surface area contributed by atoms with Gasteiger partial charge in [0.05, 0.1) is 0 Å². The van der Waals surface area contributed by atoms with Gasteiger partial charge in [-0.05, 0) is 38.8 Å². The Balaban J connectivity index is 1.50. The van der Waals surface area contributed by atoms with E-state index in [4.69, 9.17) is 0 Å². The lowest BCUT2D eigenvalue weighted by Gasteiger charge is -2.34. The van der Waals surface area contributed by atoms with Crippen LogP contribution in [-0.2, 0) is 0 Å². The summed E-state index contributed by atoms with van der Waals surface area (Å²) in [6.45, 7) is 5.70. The summed E-state index contributed by atoms with van der Waals surface area (Å²) in [4.78, 5) is 19.4. The van der Waals surface area contributed by atoms with Gasteiger partial charge >= 0.3 is 0 Å². The normalized spacial score (nSPS) is 15.1. The van der Waals surface area contributed by atoms with Crippen molar-refractivity contribution in [2.24, 2.45) is 0 Å². The van der Waals surface area contributed by atoms with Crippen LogP contribution in [0.25, 0.3) is 11.4 Å². The van der Waals surface area contributed by atoms with Crippen molar-refractivity contribution in [1.82, 2.24) is 14.5 Å². The Bertz CT molecular complexity index is 937. The molecule has 1 aromatic heterocycles. The Labute approximate surface area is 160 Å². The predicted molar refractivity (Wildman–Crippen MR) is 108 cm³/mol. The molecule has 0 atom stereocenters. The second-order valence-electron chi connectivity index (χ2n) is 7.35. The minimum atomic E-state index is 0.141. The van der Waals surface area contributed by atoms with Gasteiger partial charge in [0.15, 0.2) is 0 Å². The Morgan fingerprint density at radius 2 is 1.74 bits per heavy atom. The minimum Gasteiger partial charge on any atom is -0.338 e. The number of likely N-dealkylation sites (tertiary alicyclic amines) is 1. The molecular formula is C23H25N3O. The Hall–Kier alpha value is -2.88. The van der Waals surface area contributed by atoms with Crippen molar-refractivity contribution in [3.63, 3.8) is 0 Å². The molecule has 1 amide bonds. The maximum Gasteiger partial charge on any atom is 0.253 e. The molecule has 0 spiro atoms. The van der Waals surface area contributed by atoms with Gasteiger partial charge in [-0.2, -0.15) is 0 Å². The largest absolute Gasteiger partial charge is 0.338 e. The molecule has 0 saturated carbocycles. The van der Waals surface area contributed by atoms with E-state index in [1.807, 2.05) is 60.5 Å². The van der Waals surface area contributed by atoms with Crippen LogP contribution in [-0.4, -0.2) is 33.4 Å². The first kappa shape index (κ1) is 17.5. The number of amides is 1. The second kappa shape index (κ2) is 7.39. The fraction of sp³-hybridized carbons (Fsp3) is 0.304. The van der Waals surface area contributed by atoms with Gasteiger partial charge in [0.1, 0.15) is 5.82 Å². The smallest absolute Gasteiger partial charge is 0.253 e. The van der Waals surface area contributed by atoms with Gasteiger partial charge < -0.3 is 9.47 Å². The van der Waals surface area contributed by atoms with Crippen molar-refractivity contribution in [3.8, 4) is 11.4 Å². The maximum atomic E-state index is 12.8. The summed E-state index contributed by atoms with van der Waals surface area (Å²) in [5.74, 6) is 1.17. The predicted octanol–water partition coefficient (Wildman–Crippen LogP) is 4.64. The molecule has 0 unspecified atom stereocenters. The van der Waals surface area contributed by atoms with Gasteiger partial charge in [-0.15, -0.1) is 0 Å². The average molecular weight is 359 g/mol. The molecular weight excluding hydrogens is 334 g/mol. The fourth-order valence-corrected chi connectivity index (χ4v) is 4.00. The number of benzene rings is 2. The zero-order valence-electron chi connectivity index (χ0n) is 15.9. The van der Waals surface area contributed by atoms with Gasteiger partial charge in [0.2, 0.25) is 0 Å². The van der Waals surface area contributed by atoms with E-state index in [0.29, 0.717) is 6.04 Å². The molecule has 0 aliphatic carbocycles. The third-order valence-electron chi connectivity index (χ3n) is 5.40. The van der Waals surface area contributed by atoms with Crippen LogP contribution in [0.4, 0.5) is 0 Å². The van der Waals surface area contributed by atoms with Crippen molar-refractivity contribution in [1.29, 1.82) is 0 Å². The maximum absolute atomic E-state index is 12.8. The van der Waals surface area contributed by atoms with E-state index < -0.39 is 0 Å². The van der Waals surface area contributed by atoms with Gasteiger partial charge in [-0.25, -0.2) is 4.98 Å². The average Bonchev–Trinajstić information content (AvgIpc) is 3.10. The van der Waals surface area contributed by atoms with E-state index in [1.54, 1.807) is 0 Å². The zero-order valence-corrected chi connectivity index (χ0v) is 15.9. The first-order valence-corrected chi connectivity index (χ1v) is 9.58. The highest BCUT2D eigenvalue weighted by Crippen LogP contribution is 2.30. The summed E-state index contributed by atoms with van der Waals surface area (Å²) >= 11 is 0. The Kier molecular flexibility index (Phi) is 4.80. The van der Waals surface area contributed by atoms with Crippen LogP contribution in [0.15, 0.2) is 60.8 Å².